The number of rotatable bonds is 1. The van der Waals surface area contributed by atoms with Crippen molar-refractivity contribution in [3.05, 3.63) is 40.7 Å². The summed E-state index contributed by atoms with van der Waals surface area (Å²) in [4.78, 5) is 16.4. The van der Waals surface area contributed by atoms with Crippen LogP contribution in [0.15, 0.2) is 35.1 Å². The summed E-state index contributed by atoms with van der Waals surface area (Å²) >= 11 is 0. The summed E-state index contributed by atoms with van der Waals surface area (Å²) in [6, 6.07) is 9.46. The zero-order valence-corrected chi connectivity index (χ0v) is 9.48. The van der Waals surface area contributed by atoms with Crippen LogP contribution >= 0.6 is 0 Å². The molecule has 0 atom stereocenters. The summed E-state index contributed by atoms with van der Waals surface area (Å²) in [6.07, 6.45) is 0. The minimum atomic E-state index is -0.0587. The molecule has 0 bridgehead atoms. The van der Waals surface area contributed by atoms with E-state index in [1.165, 1.54) is 5.69 Å². The number of ether oxygens (including phenoxy) is 1. The molecular weight excluding hydrogens is 216 g/mol. The van der Waals surface area contributed by atoms with Gasteiger partial charge < -0.3 is 14.6 Å². The Morgan fingerprint density at radius 2 is 1.94 bits per heavy atom. The van der Waals surface area contributed by atoms with Crippen molar-refractivity contribution in [2.45, 2.75) is 0 Å². The van der Waals surface area contributed by atoms with Crippen LogP contribution in [0.4, 0.5) is 5.69 Å². The van der Waals surface area contributed by atoms with Crippen LogP contribution < -0.4 is 10.5 Å². The van der Waals surface area contributed by atoms with Crippen LogP contribution in [0.3, 0.4) is 0 Å². The number of hydrogen-bond donors (Lipinski definition) is 1. The van der Waals surface area contributed by atoms with Crippen molar-refractivity contribution in [2.75, 3.05) is 31.2 Å². The fourth-order valence-electron chi connectivity index (χ4n) is 2.25. The van der Waals surface area contributed by atoms with Crippen molar-refractivity contribution in [1.82, 2.24) is 4.98 Å². The van der Waals surface area contributed by atoms with Crippen LogP contribution in [0.5, 0.6) is 0 Å². The van der Waals surface area contributed by atoms with Crippen molar-refractivity contribution >= 4 is 16.6 Å². The van der Waals surface area contributed by atoms with Gasteiger partial charge in [0.2, 0.25) is 5.56 Å². The number of hydrogen-bond acceptors (Lipinski definition) is 3. The van der Waals surface area contributed by atoms with E-state index in [1.54, 1.807) is 6.07 Å². The molecule has 0 unspecified atom stereocenters. The van der Waals surface area contributed by atoms with Crippen molar-refractivity contribution in [2.24, 2.45) is 0 Å². The highest BCUT2D eigenvalue weighted by Gasteiger charge is 2.13. The lowest BCUT2D eigenvalue weighted by molar-refractivity contribution is 0.123. The summed E-state index contributed by atoms with van der Waals surface area (Å²) < 4.78 is 5.35. The van der Waals surface area contributed by atoms with Crippen LogP contribution in [0.25, 0.3) is 10.9 Å². The zero-order valence-electron chi connectivity index (χ0n) is 9.48. The Morgan fingerprint density at radius 3 is 2.76 bits per heavy atom. The Labute approximate surface area is 98.8 Å². The normalized spacial score (nSPS) is 16.4. The molecule has 17 heavy (non-hydrogen) atoms. The van der Waals surface area contributed by atoms with Crippen LogP contribution in [-0.4, -0.2) is 31.3 Å². The van der Waals surface area contributed by atoms with Gasteiger partial charge in [-0.3, -0.25) is 4.79 Å². The second-order valence-electron chi connectivity index (χ2n) is 4.16. The van der Waals surface area contributed by atoms with Crippen molar-refractivity contribution in [3.63, 3.8) is 0 Å². The number of fused-ring (bicyclic) bond motifs is 1. The molecule has 1 saturated heterocycles. The first-order chi connectivity index (χ1) is 8.34. The van der Waals surface area contributed by atoms with Gasteiger partial charge in [0.1, 0.15) is 0 Å². The van der Waals surface area contributed by atoms with Gasteiger partial charge in [-0.15, -0.1) is 0 Å². The van der Waals surface area contributed by atoms with Gasteiger partial charge in [0, 0.05) is 30.2 Å². The van der Waals surface area contributed by atoms with E-state index in [0.717, 1.165) is 37.2 Å². The minimum Gasteiger partial charge on any atom is -0.378 e. The maximum Gasteiger partial charge on any atom is 0.248 e. The van der Waals surface area contributed by atoms with Gasteiger partial charge in [-0.2, -0.15) is 0 Å². The number of benzene rings is 1. The molecular formula is C13H14N2O2. The number of nitrogens with zero attached hydrogens (tertiary/aromatic N) is 1. The highest BCUT2D eigenvalue weighted by molar-refractivity contribution is 5.91. The van der Waals surface area contributed by atoms with E-state index >= 15 is 0 Å². The second-order valence-corrected chi connectivity index (χ2v) is 4.16. The van der Waals surface area contributed by atoms with Crippen molar-refractivity contribution in [1.29, 1.82) is 0 Å². The van der Waals surface area contributed by atoms with E-state index in [2.05, 4.69) is 16.0 Å². The SMILES string of the molecule is O=c1ccc2c(N3CCOCC3)cccc2[nH]1. The molecule has 1 aliphatic heterocycles. The smallest absolute Gasteiger partial charge is 0.248 e. The Balaban J connectivity index is 2.12. The molecule has 4 nitrogen and oxygen atoms in total. The predicted octanol–water partition coefficient (Wildman–Crippen LogP) is 1.36. The maximum absolute atomic E-state index is 11.3. The van der Waals surface area contributed by atoms with E-state index in [4.69, 9.17) is 4.74 Å². The van der Waals surface area contributed by atoms with Crippen molar-refractivity contribution in [3.8, 4) is 0 Å². The lowest BCUT2D eigenvalue weighted by Gasteiger charge is -2.29. The Morgan fingerprint density at radius 1 is 1.12 bits per heavy atom. The van der Waals surface area contributed by atoms with E-state index in [-0.39, 0.29) is 5.56 Å². The summed E-state index contributed by atoms with van der Waals surface area (Å²) in [7, 11) is 0. The van der Waals surface area contributed by atoms with E-state index in [9.17, 15) is 4.79 Å². The standard InChI is InChI=1S/C13H14N2O2/c16-13-5-4-10-11(14-13)2-1-3-12(10)15-6-8-17-9-7-15/h1-5H,6-9H2,(H,14,16). The molecule has 88 valence electrons. The molecule has 1 aliphatic rings. The van der Waals surface area contributed by atoms with Crippen molar-refractivity contribution < 1.29 is 4.74 Å². The van der Waals surface area contributed by atoms with Gasteiger partial charge in [0.25, 0.3) is 0 Å². The fourth-order valence-corrected chi connectivity index (χ4v) is 2.25. The first-order valence-electron chi connectivity index (χ1n) is 5.79. The number of pyridine rings is 1. The molecule has 3 rings (SSSR count). The van der Waals surface area contributed by atoms with Crippen LogP contribution in [-0.2, 0) is 4.74 Å². The lowest BCUT2D eigenvalue weighted by atomic mass is 10.1. The fraction of sp³-hybridized carbons (Fsp3) is 0.308. The third-order valence-corrected chi connectivity index (χ3v) is 3.09. The number of aromatic nitrogens is 1. The number of aromatic amines is 1. The van der Waals surface area contributed by atoms with Crippen LogP contribution in [0.1, 0.15) is 0 Å². The van der Waals surface area contributed by atoms with Gasteiger partial charge in [-0.1, -0.05) is 6.07 Å². The molecule has 1 aromatic heterocycles. The topological polar surface area (TPSA) is 45.3 Å². The van der Waals surface area contributed by atoms with E-state index < -0.39 is 0 Å². The van der Waals surface area contributed by atoms with Gasteiger partial charge in [0.15, 0.2) is 0 Å². The summed E-state index contributed by atoms with van der Waals surface area (Å²) in [5.41, 5.74) is 2.00. The molecule has 0 aliphatic carbocycles. The molecule has 0 amide bonds. The molecule has 0 saturated carbocycles. The number of nitrogens with one attached hydrogen (secondary N) is 1. The molecule has 4 heteroatoms. The highest BCUT2D eigenvalue weighted by Crippen LogP contribution is 2.25. The number of H-pyrrole nitrogens is 1. The Bertz CT molecular complexity index is 585. The molecule has 1 aromatic carbocycles. The van der Waals surface area contributed by atoms with Gasteiger partial charge in [-0.05, 0) is 18.2 Å². The average Bonchev–Trinajstić information content (AvgIpc) is 2.39. The monoisotopic (exact) mass is 230 g/mol. The maximum atomic E-state index is 11.3. The molecule has 2 heterocycles. The molecule has 0 radical (unpaired) electrons. The summed E-state index contributed by atoms with van der Waals surface area (Å²) in [5, 5.41) is 1.09. The zero-order chi connectivity index (χ0) is 11.7. The number of anilines is 1. The molecule has 1 fully saturated rings. The lowest BCUT2D eigenvalue weighted by Crippen LogP contribution is -2.36. The predicted molar refractivity (Wildman–Crippen MR) is 67.6 cm³/mol. The van der Waals surface area contributed by atoms with E-state index in [1.807, 2.05) is 18.2 Å². The van der Waals surface area contributed by atoms with Crippen LogP contribution in [0.2, 0.25) is 0 Å². The first-order valence-corrected chi connectivity index (χ1v) is 5.79. The first kappa shape index (κ1) is 10.4. The second kappa shape index (κ2) is 4.22. The summed E-state index contributed by atoms with van der Waals surface area (Å²) in [5.74, 6) is 0. The Kier molecular flexibility index (Phi) is 2.57. The molecule has 1 N–H and O–H groups in total. The quantitative estimate of drug-likeness (QED) is 0.804. The van der Waals surface area contributed by atoms with Gasteiger partial charge >= 0.3 is 0 Å². The Hall–Kier alpha value is -1.81. The molecule has 0 spiro atoms. The summed E-state index contributed by atoms with van der Waals surface area (Å²) in [6.45, 7) is 3.33. The average molecular weight is 230 g/mol. The van der Waals surface area contributed by atoms with Crippen LogP contribution in [0, 0.1) is 0 Å². The highest BCUT2D eigenvalue weighted by atomic mass is 16.5. The number of morpholine rings is 1. The van der Waals surface area contributed by atoms with Gasteiger partial charge in [0.05, 0.1) is 18.7 Å². The van der Waals surface area contributed by atoms with Gasteiger partial charge in [-0.25, -0.2) is 0 Å². The third kappa shape index (κ3) is 1.91. The molecule has 2 aromatic rings. The largest absolute Gasteiger partial charge is 0.378 e. The van der Waals surface area contributed by atoms with E-state index in [0.29, 0.717) is 0 Å². The third-order valence-electron chi connectivity index (χ3n) is 3.09. The minimum absolute atomic E-state index is 0.0587.